The molecule has 1 saturated heterocycles. The lowest BCUT2D eigenvalue weighted by atomic mass is 9.82. The summed E-state index contributed by atoms with van der Waals surface area (Å²) in [6.45, 7) is 2.35. The Labute approximate surface area is 131 Å². The molecule has 2 unspecified atom stereocenters. The van der Waals surface area contributed by atoms with Crippen molar-refractivity contribution in [2.45, 2.75) is 51.5 Å². The van der Waals surface area contributed by atoms with Crippen molar-refractivity contribution < 1.29 is 19.2 Å². The van der Waals surface area contributed by atoms with E-state index in [0.717, 1.165) is 32.1 Å². The Morgan fingerprint density at radius 1 is 1.23 bits per heavy atom. The summed E-state index contributed by atoms with van der Waals surface area (Å²) in [4.78, 5) is 24.6. The topological polar surface area (TPSA) is 54.4 Å². The van der Waals surface area contributed by atoms with E-state index < -0.39 is 6.09 Å². The van der Waals surface area contributed by atoms with E-state index in [-0.39, 0.29) is 22.3 Å². The number of benzene rings is 1. The van der Waals surface area contributed by atoms with Gasteiger partial charge in [0.15, 0.2) is 0 Å². The van der Waals surface area contributed by atoms with E-state index in [1.807, 2.05) is 13.0 Å². The van der Waals surface area contributed by atoms with Gasteiger partial charge in [-0.25, -0.2) is 4.79 Å². The van der Waals surface area contributed by atoms with Crippen LogP contribution in [-0.4, -0.2) is 34.2 Å². The van der Waals surface area contributed by atoms with Gasteiger partial charge in [-0.05, 0) is 43.2 Å². The fourth-order valence-corrected chi connectivity index (χ4v) is 4.20. The first kappa shape index (κ1) is 15.2. The third-order valence-electron chi connectivity index (χ3n) is 5.58. The van der Waals surface area contributed by atoms with Crippen LogP contribution in [0, 0.1) is 5.92 Å². The van der Waals surface area contributed by atoms with Gasteiger partial charge in [0.1, 0.15) is 6.04 Å². The van der Waals surface area contributed by atoms with Crippen molar-refractivity contribution in [3.05, 3.63) is 35.4 Å². The summed E-state index contributed by atoms with van der Waals surface area (Å²) in [6.07, 6.45) is 3.96. The number of carbonyl (C=O) groups is 2. The Morgan fingerprint density at radius 2 is 1.95 bits per heavy atom. The Balaban J connectivity index is 1.74. The molecule has 1 aliphatic heterocycles. The van der Waals surface area contributed by atoms with Crippen molar-refractivity contribution >= 4 is 12.0 Å². The van der Waals surface area contributed by atoms with Gasteiger partial charge in [-0.2, -0.15) is 9.28 Å². The number of carbonyl (C=O) groups excluding carboxylic acids is 1. The van der Waals surface area contributed by atoms with E-state index in [1.54, 1.807) is 0 Å². The van der Waals surface area contributed by atoms with Gasteiger partial charge < -0.3 is 5.11 Å². The highest BCUT2D eigenvalue weighted by molar-refractivity contribution is 5.81. The summed E-state index contributed by atoms with van der Waals surface area (Å²) >= 11 is 0. The standard InChI is InChI=1S/C18H23NO3/c1-13-5-4-10-19(13,18(21)22)17(20)12-14-8-9-15-6-2-3-7-16(15)11-14/h2-3,6-7,13-14H,4-5,8-12H2,1H3/p+1/t13-,14?,19?/m1/s1. The number of quaternary nitrogens is 1. The number of hydrogen-bond donors (Lipinski definition) is 1. The summed E-state index contributed by atoms with van der Waals surface area (Å²) in [6, 6.07) is 8.28. The molecule has 0 radical (unpaired) electrons. The molecular weight excluding hydrogens is 278 g/mol. The molecule has 0 bridgehead atoms. The highest BCUT2D eigenvalue weighted by Gasteiger charge is 2.52. The second-order valence-electron chi connectivity index (χ2n) is 6.84. The molecule has 1 aliphatic carbocycles. The second-order valence-corrected chi connectivity index (χ2v) is 6.84. The molecule has 4 heteroatoms. The maximum absolute atomic E-state index is 12.8. The van der Waals surface area contributed by atoms with Crippen LogP contribution in [0.15, 0.2) is 24.3 Å². The van der Waals surface area contributed by atoms with E-state index in [9.17, 15) is 14.7 Å². The van der Waals surface area contributed by atoms with Crippen LogP contribution in [0.3, 0.4) is 0 Å². The Hall–Kier alpha value is -1.68. The lowest BCUT2D eigenvalue weighted by Gasteiger charge is -2.32. The molecule has 0 spiro atoms. The summed E-state index contributed by atoms with van der Waals surface area (Å²) in [5, 5.41) is 9.64. The Bertz CT molecular complexity index is 598. The Kier molecular flexibility index (Phi) is 4.04. The van der Waals surface area contributed by atoms with Crippen molar-refractivity contribution in [1.29, 1.82) is 0 Å². The van der Waals surface area contributed by atoms with E-state index in [1.165, 1.54) is 11.1 Å². The second kappa shape index (κ2) is 5.84. The molecule has 0 aromatic heterocycles. The molecule has 4 nitrogen and oxygen atoms in total. The van der Waals surface area contributed by atoms with Crippen molar-refractivity contribution in [2.75, 3.05) is 6.54 Å². The summed E-state index contributed by atoms with van der Waals surface area (Å²) in [7, 11) is 0. The molecule has 0 saturated carbocycles. The van der Waals surface area contributed by atoms with Gasteiger partial charge in [-0.3, -0.25) is 0 Å². The van der Waals surface area contributed by atoms with Gasteiger partial charge in [-0.15, -0.1) is 0 Å². The zero-order valence-corrected chi connectivity index (χ0v) is 13.1. The molecule has 1 fully saturated rings. The number of imide groups is 1. The van der Waals surface area contributed by atoms with Gasteiger partial charge >= 0.3 is 12.0 Å². The largest absolute Gasteiger partial charge is 0.521 e. The quantitative estimate of drug-likeness (QED) is 0.852. The van der Waals surface area contributed by atoms with Gasteiger partial charge in [0.2, 0.25) is 0 Å². The normalized spacial score (nSPS) is 30.8. The predicted octanol–water partition coefficient (Wildman–Crippen LogP) is 3.39. The first-order valence-electron chi connectivity index (χ1n) is 8.25. The highest BCUT2D eigenvalue weighted by atomic mass is 16.4. The van der Waals surface area contributed by atoms with Crippen LogP contribution in [0.25, 0.3) is 0 Å². The maximum atomic E-state index is 12.8. The van der Waals surface area contributed by atoms with E-state index >= 15 is 0 Å². The highest BCUT2D eigenvalue weighted by Crippen LogP contribution is 2.33. The fraction of sp³-hybridized carbons (Fsp3) is 0.556. The number of likely N-dealkylation sites (tertiary alicyclic amines) is 1. The molecule has 2 amide bonds. The van der Waals surface area contributed by atoms with Crippen LogP contribution in [0.4, 0.5) is 4.79 Å². The third-order valence-corrected chi connectivity index (χ3v) is 5.58. The fourth-order valence-electron chi connectivity index (χ4n) is 4.20. The molecule has 3 atom stereocenters. The smallest absolute Gasteiger partial charge is 0.435 e. The predicted molar refractivity (Wildman–Crippen MR) is 83.4 cm³/mol. The molecule has 118 valence electrons. The van der Waals surface area contributed by atoms with E-state index in [0.29, 0.717) is 13.0 Å². The van der Waals surface area contributed by atoms with Crippen LogP contribution in [0.5, 0.6) is 0 Å². The monoisotopic (exact) mass is 302 g/mol. The van der Waals surface area contributed by atoms with Crippen molar-refractivity contribution in [1.82, 2.24) is 0 Å². The van der Waals surface area contributed by atoms with Gasteiger partial charge in [0.05, 0.1) is 13.0 Å². The minimum Gasteiger partial charge on any atom is -0.435 e. The molecule has 1 heterocycles. The SMILES string of the molecule is C[C@@H]1CCC[N+]1(C(=O)O)C(=O)CC1CCc2ccccc2C1. The Morgan fingerprint density at radius 3 is 2.59 bits per heavy atom. The number of amides is 2. The molecule has 1 aromatic rings. The van der Waals surface area contributed by atoms with Crippen LogP contribution >= 0.6 is 0 Å². The molecule has 3 rings (SSSR count). The van der Waals surface area contributed by atoms with Crippen LogP contribution < -0.4 is 0 Å². The minimum absolute atomic E-state index is 0.0955. The zero-order chi connectivity index (χ0) is 15.7. The lowest BCUT2D eigenvalue weighted by Crippen LogP contribution is -2.58. The zero-order valence-electron chi connectivity index (χ0n) is 13.1. The van der Waals surface area contributed by atoms with E-state index in [2.05, 4.69) is 18.2 Å². The molecule has 2 aliphatic rings. The third kappa shape index (κ3) is 2.45. The van der Waals surface area contributed by atoms with Crippen molar-refractivity contribution in [2.24, 2.45) is 5.92 Å². The van der Waals surface area contributed by atoms with E-state index in [4.69, 9.17) is 0 Å². The number of nitrogens with zero attached hydrogens (tertiary/aromatic N) is 1. The molecule has 1 aromatic carbocycles. The number of hydrogen-bond acceptors (Lipinski definition) is 2. The summed E-state index contributed by atoms with van der Waals surface area (Å²) < 4.78 is -0.349. The average molecular weight is 302 g/mol. The molecule has 1 N–H and O–H groups in total. The summed E-state index contributed by atoms with van der Waals surface area (Å²) in [5.74, 6) is 0.187. The van der Waals surface area contributed by atoms with Crippen molar-refractivity contribution in [3.63, 3.8) is 0 Å². The van der Waals surface area contributed by atoms with Gasteiger partial charge in [-0.1, -0.05) is 24.3 Å². The number of carboxylic acid groups (broad SMARTS) is 1. The number of aryl methyl sites for hydroxylation is 1. The first-order chi connectivity index (χ1) is 10.5. The molecular formula is C18H24NO3+. The lowest BCUT2D eigenvalue weighted by molar-refractivity contribution is -0.792. The van der Waals surface area contributed by atoms with Crippen LogP contribution in [0.1, 0.15) is 43.7 Å². The van der Waals surface area contributed by atoms with Gasteiger partial charge in [0.25, 0.3) is 0 Å². The minimum atomic E-state index is -0.966. The maximum Gasteiger partial charge on any atom is 0.521 e. The van der Waals surface area contributed by atoms with Crippen LogP contribution in [-0.2, 0) is 17.6 Å². The molecule has 22 heavy (non-hydrogen) atoms. The van der Waals surface area contributed by atoms with Gasteiger partial charge in [0, 0.05) is 12.8 Å². The average Bonchev–Trinajstić information content (AvgIpc) is 2.90. The summed E-state index contributed by atoms with van der Waals surface area (Å²) in [5.41, 5.74) is 2.70. The van der Waals surface area contributed by atoms with Crippen LogP contribution in [0.2, 0.25) is 0 Å². The first-order valence-corrected chi connectivity index (χ1v) is 8.25. The van der Waals surface area contributed by atoms with Crippen molar-refractivity contribution in [3.8, 4) is 0 Å². The number of rotatable bonds is 2. The number of fused-ring (bicyclic) bond motifs is 1.